The minimum absolute atomic E-state index is 0.0689. The van der Waals surface area contributed by atoms with Crippen molar-refractivity contribution in [3.05, 3.63) is 58.1 Å². The van der Waals surface area contributed by atoms with Gasteiger partial charge in [0.2, 0.25) is 0 Å². The Hall–Kier alpha value is -1.82. The number of alkyl halides is 3. The maximum absolute atomic E-state index is 12.6. The van der Waals surface area contributed by atoms with E-state index < -0.39 is 11.7 Å². The topological polar surface area (TPSA) is 26.3 Å². The number of ether oxygens (including phenoxy) is 1. The lowest BCUT2D eigenvalue weighted by atomic mass is 10.2. The number of hydrogen-bond donors (Lipinski definition) is 0. The molecule has 0 N–H and O–H groups in total. The van der Waals surface area contributed by atoms with Crippen LogP contribution < -0.4 is 4.74 Å². The summed E-state index contributed by atoms with van der Waals surface area (Å²) in [5.74, 6) is 0.398. The van der Waals surface area contributed by atoms with Gasteiger partial charge in [0, 0.05) is 5.56 Å². The number of benzene rings is 2. The molecule has 104 valence electrons. The van der Waals surface area contributed by atoms with Crippen molar-refractivity contribution in [3.63, 3.8) is 0 Å². The molecule has 0 fully saturated rings. The molecular weight excluding hydrogens is 337 g/mol. The van der Waals surface area contributed by atoms with Crippen LogP contribution >= 0.6 is 15.9 Å². The van der Waals surface area contributed by atoms with Gasteiger partial charge in [0.05, 0.1) is 10.0 Å². The third-order valence-electron chi connectivity index (χ3n) is 2.48. The lowest BCUT2D eigenvalue weighted by Gasteiger charge is -2.11. The van der Waals surface area contributed by atoms with Gasteiger partial charge in [0.1, 0.15) is 17.8 Å². The van der Waals surface area contributed by atoms with Crippen molar-refractivity contribution in [1.82, 2.24) is 0 Å². The van der Waals surface area contributed by atoms with Crippen LogP contribution in [-0.4, -0.2) is 6.29 Å². The highest BCUT2D eigenvalue weighted by molar-refractivity contribution is 9.10. The van der Waals surface area contributed by atoms with Gasteiger partial charge < -0.3 is 4.74 Å². The summed E-state index contributed by atoms with van der Waals surface area (Å²) < 4.78 is 43.6. The van der Waals surface area contributed by atoms with Gasteiger partial charge in [-0.05, 0) is 52.3 Å². The predicted molar refractivity (Wildman–Crippen MR) is 71.0 cm³/mol. The molecule has 0 spiro atoms. The molecule has 0 heterocycles. The van der Waals surface area contributed by atoms with E-state index in [1.165, 1.54) is 30.3 Å². The third kappa shape index (κ3) is 3.39. The molecule has 0 atom stereocenters. The van der Waals surface area contributed by atoms with Gasteiger partial charge in [-0.25, -0.2) is 0 Å². The van der Waals surface area contributed by atoms with Crippen LogP contribution in [-0.2, 0) is 6.18 Å². The summed E-state index contributed by atoms with van der Waals surface area (Å²) in [6.45, 7) is 0. The minimum Gasteiger partial charge on any atom is -0.456 e. The molecule has 0 aliphatic rings. The zero-order chi connectivity index (χ0) is 14.8. The molecule has 20 heavy (non-hydrogen) atoms. The van der Waals surface area contributed by atoms with Gasteiger partial charge in [-0.2, -0.15) is 13.2 Å². The molecular formula is C14H8BrF3O2. The summed E-state index contributed by atoms with van der Waals surface area (Å²) in [4.78, 5) is 10.6. The summed E-state index contributed by atoms with van der Waals surface area (Å²) in [6.07, 6.45) is -3.75. The highest BCUT2D eigenvalue weighted by Crippen LogP contribution is 2.34. The molecule has 0 aliphatic carbocycles. The summed E-state index contributed by atoms with van der Waals surface area (Å²) in [7, 11) is 0. The van der Waals surface area contributed by atoms with Crippen molar-refractivity contribution in [2.75, 3.05) is 0 Å². The molecule has 0 saturated heterocycles. The van der Waals surface area contributed by atoms with Crippen LogP contribution in [0.1, 0.15) is 15.9 Å². The van der Waals surface area contributed by atoms with Gasteiger partial charge in [0.25, 0.3) is 0 Å². The van der Waals surface area contributed by atoms with Gasteiger partial charge >= 0.3 is 6.18 Å². The summed E-state index contributed by atoms with van der Waals surface area (Å²) in [5, 5.41) is 0. The Morgan fingerprint density at radius 2 is 1.85 bits per heavy atom. The number of carbonyl (C=O) groups excluding carboxylic acids is 1. The van der Waals surface area contributed by atoms with Gasteiger partial charge in [-0.1, -0.05) is 6.07 Å². The van der Waals surface area contributed by atoms with Crippen LogP contribution in [0.15, 0.2) is 46.9 Å². The highest BCUT2D eigenvalue weighted by Gasteiger charge is 2.30. The molecule has 0 aliphatic heterocycles. The Balaban J connectivity index is 2.28. The average molecular weight is 345 g/mol. The van der Waals surface area contributed by atoms with E-state index in [1.807, 2.05) is 0 Å². The zero-order valence-corrected chi connectivity index (χ0v) is 11.5. The highest BCUT2D eigenvalue weighted by atomic mass is 79.9. The quantitative estimate of drug-likeness (QED) is 0.726. The Kier molecular flexibility index (Phi) is 4.13. The molecule has 0 amide bonds. The second kappa shape index (κ2) is 5.66. The lowest BCUT2D eigenvalue weighted by Crippen LogP contribution is -2.04. The first-order valence-corrected chi connectivity index (χ1v) is 6.29. The fraction of sp³-hybridized carbons (Fsp3) is 0.0714. The number of rotatable bonds is 3. The molecule has 2 nitrogen and oxygen atoms in total. The van der Waals surface area contributed by atoms with Crippen molar-refractivity contribution in [1.29, 1.82) is 0 Å². The van der Waals surface area contributed by atoms with Crippen molar-refractivity contribution in [2.24, 2.45) is 0 Å². The first kappa shape index (κ1) is 14.6. The molecule has 0 unspecified atom stereocenters. The Morgan fingerprint density at radius 1 is 1.10 bits per heavy atom. The monoisotopic (exact) mass is 344 g/mol. The van der Waals surface area contributed by atoms with E-state index in [0.717, 1.165) is 12.1 Å². The minimum atomic E-state index is -4.42. The zero-order valence-electron chi connectivity index (χ0n) is 9.95. The molecule has 0 bridgehead atoms. The second-order valence-corrected chi connectivity index (χ2v) is 4.79. The van der Waals surface area contributed by atoms with Gasteiger partial charge in [-0.15, -0.1) is 0 Å². The van der Waals surface area contributed by atoms with E-state index in [2.05, 4.69) is 15.9 Å². The van der Waals surface area contributed by atoms with Crippen LogP contribution in [0, 0.1) is 0 Å². The summed E-state index contributed by atoms with van der Waals surface area (Å²) >= 11 is 3.20. The van der Waals surface area contributed by atoms with E-state index in [4.69, 9.17) is 4.74 Å². The Bertz CT molecular complexity index is 639. The first-order valence-electron chi connectivity index (χ1n) is 5.50. The Labute approximate surface area is 121 Å². The number of hydrogen-bond acceptors (Lipinski definition) is 2. The molecule has 2 aromatic rings. The molecule has 0 radical (unpaired) electrons. The maximum Gasteiger partial charge on any atom is 0.416 e. The predicted octanol–water partition coefficient (Wildman–Crippen LogP) is 5.07. The van der Waals surface area contributed by atoms with E-state index in [9.17, 15) is 18.0 Å². The van der Waals surface area contributed by atoms with Crippen molar-refractivity contribution >= 4 is 22.2 Å². The van der Waals surface area contributed by atoms with Gasteiger partial charge in [0.15, 0.2) is 0 Å². The largest absolute Gasteiger partial charge is 0.456 e. The van der Waals surface area contributed by atoms with Crippen LogP contribution in [0.25, 0.3) is 0 Å². The number of halogens is 4. The van der Waals surface area contributed by atoms with E-state index in [0.29, 0.717) is 22.1 Å². The van der Waals surface area contributed by atoms with Crippen LogP contribution in [0.5, 0.6) is 11.5 Å². The Morgan fingerprint density at radius 3 is 2.45 bits per heavy atom. The molecule has 0 aromatic heterocycles. The van der Waals surface area contributed by atoms with Crippen molar-refractivity contribution in [3.8, 4) is 11.5 Å². The summed E-state index contributed by atoms with van der Waals surface area (Å²) in [6, 6.07) is 9.13. The lowest BCUT2D eigenvalue weighted by molar-refractivity contribution is -0.137. The number of aldehydes is 1. The average Bonchev–Trinajstić information content (AvgIpc) is 2.40. The normalized spacial score (nSPS) is 11.2. The van der Waals surface area contributed by atoms with Crippen molar-refractivity contribution in [2.45, 2.75) is 6.18 Å². The fourth-order valence-electron chi connectivity index (χ4n) is 1.54. The summed E-state index contributed by atoms with van der Waals surface area (Å²) in [5.41, 5.74) is -0.344. The van der Waals surface area contributed by atoms with Crippen LogP contribution in [0.4, 0.5) is 13.2 Å². The third-order valence-corrected chi connectivity index (χ3v) is 3.10. The molecule has 2 rings (SSSR count). The second-order valence-electron chi connectivity index (χ2n) is 3.94. The van der Waals surface area contributed by atoms with Gasteiger partial charge in [-0.3, -0.25) is 4.79 Å². The standard InChI is InChI=1S/C14H8BrF3O2/c15-12-6-9(8-19)4-5-13(12)20-11-3-1-2-10(7-11)14(16,17)18/h1-8H. The fourth-order valence-corrected chi connectivity index (χ4v) is 2.01. The van der Waals surface area contributed by atoms with E-state index in [-0.39, 0.29) is 5.75 Å². The van der Waals surface area contributed by atoms with Crippen LogP contribution in [0.2, 0.25) is 0 Å². The van der Waals surface area contributed by atoms with Crippen molar-refractivity contribution < 1.29 is 22.7 Å². The van der Waals surface area contributed by atoms with E-state index in [1.54, 1.807) is 0 Å². The molecule has 2 aromatic carbocycles. The van der Waals surface area contributed by atoms with Crippen LogP contribution in [0.3, 0.4) is 0 Å². The molecule has 0 saturated carbocycles. The van der Waals surface area contributed by atoms with E-state index >= 15 is 0 Å². The number of carbonyl (C=O) groups is 1. The first-order chi connectivity index (χ1) is 9.40. The molecule has 6 heteroatoms. The maximum atomic E-state index is 12.6. The smallest absolute Gasteiger partial charge is 0.416 e. The SMILES string of the molecule is O=Cc1ccc(Oc2cccc(C(F)(F)F)c2)c(Br)c1.